The summed E-state index contributed by atoms with van der Waals surface area (Å²) >= 11 is 0. The Labute approximate surface area is 146 Å². The van der Waals surface area contributed by atoms with Gasteiger partial charge in [0, 0.05) is 31.6 Å². The van der Waals surface area contributed by atoms with Gasteiger partial charge in [0.25, 0.3) is 0 Å². The Morgan fingerprint density at radius 1 is 1.08 bits per heavy atom. The number of piperidine rings is 1. The summed E-state index contributed by atoms with van der Waals surface area (Å²) in [5, 5.41) is 8.00. The molecule has 3 fully saturated rings. The van der Waals surface area contributed by atoms with E-state index in [1.807, 2.05) is 18.7 Å². The minimum Gasteiger partial charge on any atom is -0.361 e. The first kappa shape index (κ1) is 16.3. The van der Waals surface area contributed by atoms with Crippen molar-refractivity contribution < 1.29 is 13.8 Å². The third-order valence-electron chi connectivity index (χ3n) is 5.31. The van der Waals surface area contributed by atoms with Gasteiger partial charge in [-0.3, -0.25) is 9.69 Å². The van der Waals surface area contributed by atoms with Crippen molar-refractivity contribution in [3.63, 3.8) is 0 Å². The van der Waals surface area contributed by atoms with Crippen molar-refractivity contribution in [1.29, 1.82) is 0 Å². The highest BCUT2D eigenvalue weighted by atomic mass is 16.5. The van der Waals surface area contributed by atoms with Crippen LogP contribution < -0.4 is 0 Å². The summed E-state index contributed by atoms with van der Waals surface area (Å²) in [6.45, 7) is 8.41. The molecule has 3 saturated heterocycles. The number of nitrogens with zero attached hydrogens (tertiary/aromatic N) is 5. The van der Waals surface area contributed by atoms with Gasteiger partial charge in [-0.1, -0.05) is 10.3 Å². The van der Waals surface area contributed by atoms with E-state index in [9.17, 15) is 4.79 Å². The highest BCUT2D eigenvalue weighted by Crippen LogP contribution is 2.31. The fourth-order valence-corrected chi connectivity index (χ4v) is 3.97. The molecule has 8 heteroatoms. The zero-order valence-corrected chi connectivity index (χ0v) is 14.9. The van der Waals surface area contributed by atoms with Crippen LogP contribution in [0.4, 0.5) is 0 Å². The molecule has 2 atom stereocenters. The van der Waals surface area contributed by atoms with E-state index in [2.05, 4.69) is 20.2 Å². The van der Waals surface area contributed by atoms with Crippen molar-refractivity contribution in [2.75, 3.05) is 13.1 Å². The molecule has 0 aromatic carbocycles. The first-order valence-corrected chi connectivity index (χ1v) is 8.75. The summed E-state index contributed by atoms with van der Waals surface area (Å²) in [5.74, 6) is 2.33. The predicted octanol–water partition coefficient (Wildman–Crippen LogP) is 1.61. The molecule has 2 aromatic rings. The van der Waals surface area contributed by atoms with Crippen LogP contribution in [0.25, 0.3) is 0 Å². The van der Waals surface area contributed by atoms with Crippen LogP contribution in [0.3, 0.4) is 0 Å². The normalized spacial score (nSPS) is 24.1. The molecular weight excluding hydrogens is 322 g/mol. The predicted molar refractivity (Wildman–Crippen MR) is 87.4 cm³/mol. The second kappa shape index (κ2) is 6.25. The number of amides is 1. The zero-order valence-electron chi connectivity index (χ0n) is 14.9. The average molecular weight is 345 g/mol. The van der Waals surface area contributed by atoms with Crippen LogP contribution in [0.2, 0.25) is 0 Å². The van der Waals surface area contributed by atoms with Crippen molar-refractivity contribution in [3.05, 3.63) is 28.7 Å². The molecule has 0 spiro atoms. The monoisotopic (exact) mass is 345 g/mol. The Kier molecular flexibility index (Phi) is 4.07. The number of fused-ring (bicyclic) bond motifs is 4. The minimum atomic E-state index is 0.0345. The van der Waals surface area contributed by atoms with E-state index in [0.717, 1.165) is 42.9 Å². The Hall–Kier alpha value is -2.22. The van der Waals surface area contributed by atoms with Crippen LogP contribution in [0, 0.1) is 26.7 Å². The van der Waals surface area contributed by atoms with Crippen molar-refractivity contribution in [1.82, 2.24) is 25.1 Å². The van der Waals surface area contributed by atoms with Crippen molar-refractivity contribution in [2.24, 2.45) is 5.92 Å². The number of carbonyl (C=O) groups excluding carboxylic acids is 1. The van der Waals surface area contributed by atoms with Gasteiger partial charge in [-0.15, -0.1) is 0 Å². The minimum absolute atomic E-state index is 0.0345. The first-order chi connectivity index (χ1) is 12.0. The van der Waals surface area contributed by atoms with Crippen LogP contribution in [0.1, 0.15) is 41.6 Å². The molecular formula is C17H23N5O3. The SMILES string of the molecule is Cc1nc(CN2C[C@@H]3CC[C@H](C2)N(Cc2c(C)noc2C)C3=O)no1. The van der Waals surface area contributed by atoms with Crippen LogP contribution >= 0.6 is 0 Å². The summed E-state index contributed by atoms with van der Waals surface area (Å²) in [6.07, 6.45) is 1.98. The molecule has 134 valence electrons. The number of rotatable bonds is 4. The van der Waals surface area contributed by atoms with Crippen LogP contribution in [-0.2, 0) is 17.9 Å². The van der Waals surface area contributed by atoms with E-state index < -0.39 is 0 Å². The summed E-state index contributed by atoms with van der Waals surface area (Å²) in [6, 6.07) is 0.202. The maximum atomic E-state index is 13.0. The highest BCUT2D eigenvalue weighted by molar-refractivity contribution is 5.80. The van der Waals surface area contributed by atoms with Gasteiger partial charge in [0.15, 0.2) is 5.82 Å². The molecule has 0 N–H and O–H groups in total. The molecule has 3 aliphatic rings. The maximum absolute atomic E-state index is 13.0. The topological polar surface area (TPSA) is 88.5 Å². The molecule has 1 amide bonds. The molecule has 0 radical (unpaired) electrons. The number of carbonyl (C=O) groups is 1. The largest absolute Gasteiger partial charge is 0.361 e. The number of hydrogen-bond acceptors (Lipinski definition) is 7. The van der Waals surface area contributed by atoms with Crippen LogP contribution in [0.15, 0.2) is 9.05 Å². The highest BCUT2D eigenvalue weighted by Gasteiger charge is 2.41. The third-order valence-corrected chi connectivity index (χ3v) is 5.31. The molecule has 5 rings (SSSR count). The van der Waals surface area contributed by atoms with Crippen molar-refractivity contribution in [3.8, 4) is 0 Å². The summed E-state index contributed by atoms with van der Waals surface area (Å²) in [4.78, 5) is 21.5. The maximum Gasteiger partial charge on any atom is 0.227 e. The fraction of sp³-hybridized carbons (Fsp3) is 0.647. The quantitative estimate of drug-likeness (QED) is 0.831. The van der Waals surface area contributed by atoms with Crippen LogP contribution in [-0.4, -0.2) is 50.1 Å². The van der Waals surface area contributed by atoms with E-state index in [-0.39, 0.29) is 17.9 Å². The van der Waals surface area contributed by atoms with E-state index in [0.29, 0.717) is 24.8 Å². The van der Waals surface area contributed by atoms with Crippen LogP contribution in [0.5, 0.6) is 0 Å². The molecule has 0 aliphatic carbocycles. The number of hydrogen-bond donors (Lipinski definition) is 0. The smallest absolute Gasteiger partial charge is 0.227 e. The lowest BCUT2D eigenvalue weighted by Crippen LogP contribution is -2.47. The molecule has 25 heavy (non-hydrogen) atoms. The van der Waals surface area contributed by atoms with E-state index >= 15 is 0 Å². The molecule has 2 aromatic heterocycles. The lowest BCUT2D eigenvalue weighted by molar-refractivity contribution is -0.140. The molecule has 0 unspecified atom stereocenters. The van der Waals surface area contributed by atoms with Gasteiger partial charge in [0.2, 0.25) is 11.8 Å². The molecule has 8 nitrogen and oxygen atoms in total. The van der Waals surface area contributed by atoms with E-state index in [1.165, 1.54) is 0 Å². The second-order valence-corrected chi connectivity index (χ2v) is 7.12. The summed E-state index contributed by atoms with van der Waals surface area (Å²) in [7, 11) is 0. The first-order valence-electron chi connectivity index (χ1n) is 8.75. The Balaban J connectivity index is 1.52. The van der Waals surface area contributed by atoms with Gasteiger partial charge < -0.3 is 13.9 Å². The van der Waals surface area contributed by atoms with E-state index in [1.54, 1.807) is 6.92 Å². The number of aromatic nitrogens is 3. The molecule has 0 saturated carbocycles. The second-order valence-electron chi connectivity index (χ2n) is 7.12. The molecule has 3 aliphatic heterocycles. The van der Waals surface area contributed by atoms with Gasteiger partial charge in [0.05, 0.1) is 24.7 Å². The van der Waals surface area contributed by atoms with Crippen molar-refractivity contribution in [2.45, 2.75) is 52.7 Å². The molecule has 5 heterocycles. The Morgan fingerprint density at radius 2 is 1.92 bits per heavy atom. The van der Waals surface area contributed by atoms with Gasteiger partial charge in [-0.2, -0.15) is 4.98 Å². The summed E-state index contributed by atoms with van der Waals surface area (Å²) in [5.41, 5.74) is 1.89. The van der Waals surface area contributed by atoms with E-state index in [4.69, 9.17) is 9.05 Å². The van der Waals surface area contributed by atoms with Gasteiger partial charge in [-0.05, 0) is 26.7 Å². The number of aryl methyl sites for hydroxylation is 3. The molecule has 2 bridgehead atoms. The Bertz CT molecular complexity index is 764. The van der Waals surface area contributed by atoms with Gasteiger partial charge >= 0.3 is 0 Å². The Morgan fingerprint density at radius 3 is 2.60 bits per heavy atom. The fourth-order valence-electron chi connectivity index (χ4n) is 3.97. The van der Waals surface area contributed by atoms with Gasteiger partial charge in [-0.25, -0.2) is 0 Å². The van der Waals surface area contributed by atoms with Gasteiger partial charge in [0.1, 0.15) is 5.76 Å². The standard InChI is InChI=1S/C17H23N5O3/c1-10-15(11(2)24-19-10)8-22-14-5-4-13(17(22)23)6-21(7-14)9-16-18-12(3)25-20-16/h13-14H,4-9H2,1-3H3/t13-,14+/m0/s1. The zero-order chi connectivity index (χ0) is 17.6. The lowest BCUT2D eigenvalue weighted by atomic mass is 9.93. The lowest BCUT2D eigenvalue weighted by Gasteiger charge is -2.36. The summed E-state index contributed by atoms with van der Waals surface area (Å²) < 4.78 is 10.3. The third kappa shape index (κ3) is 3.06. The van der Waals surface area contributed by atoms with Crippen molar-refractivity contribution >= 4 is 5.91 Å². The average Bonchev–Trinajstić information content (AvgIpc) is 3.00.